The second-order valence-corrected chi connectivity index (χ2v) is 8.23. The lowest BCUT2D eigenvalue weighted by Gasteiger charge is -2.14. The molecular weight excluding hydrogens is 382 g/mol. The van der Waals surface area contributed by atoms with Crippen LogP contribution in [0.25, 0.3) is 0 Å². The Balaban J connectivity index is 2.06. The summed E-state index contributed by atoms with van der Waals surface area (Å²) in [5, 5.41) is 5.48. The summed E-state index contributed by atoms with van der Waals surface area (Å²) < 4.78 is 25.1. The largest absolute Gasteiger partial charge is 0.326 e. The molecule has 150 valence electrons. The van der Waals surface area contributed by atoms with Gasteiger partial charge >= 0.3 is 0 Å². The number of carbonyl (C=O) groups excluding carboxylic acids is 2. The smallest absolute Gasteiger partial charge is 0.264 e. The molecule has 0 spiro atoms. The molecule has 8 nitrogen and oxygen atoms in total. The van der Waals surface area contributed by atoms with Crippen molar-refractivity contribution in [3.05, 3.63) is 54.1 Å². The fourth-order valence-electron chi connectivity index (χ4n) is 2.15. The van der Waals surface area contributed by atoms with Gasteiger partial charge in [-0.2, -0.15) is 0 Å². The van der Waals surface area contributed by atoms with Gasteiger partial charge in [0.1, 0.15) is 0 Å². The van der Waals surface area contributed by atoms with Crippen LogP contribution in [-0.2, 0) is 19.7 Å². The van der Waals surface area contributed by atoms with E-state index >= 15 is 0 Å². The van der Waals surface area contributed by atoms with Crippen molar-refractivity contribution in [2.45, 2.75) is 18.7 Å². The molecule has 0 aliphatic rings. The Morgan fingerprint density at radius 3 is 1.89 bits per heavy atom. The van der Waals surface area contributed by atoms with Gasteiger partial charge in [0, 0.05) is 29.9 Å². The third-order valence-electron chi connectivity index (χ3n) is 3.94. The van der Waals surface area contributed by atoms with Crippen LogP contribution in [0, 0.1) is 5.92 Å². The molecule has 2 amide bonds. The Morgan fingerprint density at radius 2 is 1.43 bits per heavy atom. The highest BCUT2D eigenvalue weighted by Gasteiger charge is 2.21. The summed E-state index contributed by atoms with van der Waals surface area (Å²) in [7, 11) is -1.24. The number of hydrogen-bond acceptors (Lipinski definition) is 5. The second kappa shape index (κ2) is 8.96. The first-order chi connectivity index (χ1) is 13.1. The zero-order chi connectivity index (χ0) is 20.9. The van der Waals surface area contributed by atoms with Gasteiger partial charge in [0.15, 0.2) is 0 Å². The van der Waals surface area contributed by atoms with E-state index in [0.29, 0.717) is 16.9 Å². The highest BCUT2D eigenvalue weighted by molar-refractivity contribution is 7.89. The van der Waals surface area contributed by atoms with Gasteiger partial charge in [0.25, 0.3) is 15.9 Å². The van der Waals surface area contributed by atoms with E-state index in [-0.39, 0.29) is 22.6 Å². The van der Waals surface area contributed by atoms with E-state index in [1.54, 1.807) is 38.1 Å². The molecule has 28 heavy (non-hydrogen) atoms. The molecule has 0 aliphatic carbocycles. The normalized spacial score (nSPS) is 11.5. The van der Waals surface area contributed by atoms with Crippen molar-refractivity contribution in [2.24, 2.45) is 5.92 Å². The quantitative estimate of drug-likeness (QED) is 0.689. The molecule has 9 heteroatoms. The van der Waals surface area contributed by atoms with Gasteiger partial charge in [-0.15, -0.1) is 0 Å². The van der Waals surface area contributed by atoms with Crippen LogP contribution in [-0.4, -0.2) is 38.9 Å². The molecule has 0 aliphatic heterocycles. The summed E-state index contributed by atoms with van der Waals surface area (Å²) >= 11 is 0. The monoisotopic (exact) mass is 405 g/mol. The van der Waals surface area contributed by atoms with E-state index in [0.717, 1.165) is 4.47 Å². The number of sulfonamides is 1. The first-order valence-corrected chi connectivity index (χ1v) is 9.94. The molecule has 0 bridgehead atoms. The lowest BCUT2D eigenvalue weighted by molar-refractivity contribution is -0.118. The van der Waals surface area contributed by atoms with Crippen molar-refractivity contribution < 1.29 is 22.8 Å². The maximum Gasteiger partial charge on any atom is 0.264 e. The second-order valence-electron chi connectivity index (χ2n) is 6.30. The minimum absolute atomic E-state index is 0.0126. The van der Waals surface area contributed by atoms with Crippen LogP contribution in [0.2, 0.25) is 0 Å². The average Bonchev–Trinajstić information content (AvgIpc) is 2.68. The molecule has 0 fully saturated rings. The number of hydroxylamine groups is 1. The van der Waals surface area contributed by atoms with Gasteiger partial charge in [-0.25, -0.2) is 8.42 Å². The third-order valence-corrected chi connectivity index (χ3v) is 5.64. The number of rotatable bonds is 7. The maximum atomic E-state index is 12.4. The Kier molecular flexibility index (Phi) is 6.90. The van der Waals surface area contributed by atoms with Crippen LogP contribution in [0.1, 0.15) is 24.2 Å². The van der Waals surface area contributed by atoms with Gasteiger partial charge in [0.05, 0.1) is 12.0 Å². The summed E-state index contributed by atoms with van der Waals surface area (Å²) in [6.45, 7) is 3.60. The van der Waals surface area contributed by atoms with Gasteiger partial charge in [0.2, 0.25) is 5.91 Å². The predicted octanol–water partition coefficient (Wildman–Crippen LogP) is 2.72. The van der Waals surface area contributed by atoms with E-state index in [1.807, 2.05) is 0 Å². The maximum absolute atomic E-state index is 12.4. The fraction of sp³-hybridized carbons (Fsp3) is 0.263. The first-order valence-electron chi connectivity index (χ1n) is 8.50. The lowest BCUT2D eigenvalue weighted by atomic mass is 10.2. The van der Waals surface area contributed by atoms with Crippen molar-refractivity contribution in [3.8, 4) is 0 Å². The lowest BCUT2D eigenvalue weighted by Crippen LogP contribution is -2.25. The van der Waals surface area contributed by atoms with Crippen molar-refractivity contribution in [2.75, 3.05) is 24.8 Å². The number of benzene rings is 2. The Labute approximate surface area is 164 Å². The average molecular weight is 405 g/mol. The van der Waals surface area contributed by atoms with Crippen molar-refractivity contribution in [3.63, 3.8) is 0 Å². The summed E-state index contributed by atoms with van der Waals surface area (Å²) in [4.78, 5) is 28.8. The molecule has 2 aromatic carbocycles. The molecule has 0 atom stereocenters. The predicted molar refractivity (Wildman–Crippen MR) is 106 cm³/mol. The van der Waals surface area contributed by atoms with Gasteiger partial charge < -0.3 is 10.6 Å². The molecule has 0 saturated heterocycles. The van der Waals surface area contributed by atoms with E-state index < -0.39 is 10.0 Å². The summed E-state index contributed by atoms with van der Waals surface area (Å²) in [5.74, 6) is -0.608. The van der Waals surface area contributed by atoms with Crippen LogP contribution in [0.3, 0.4) is 0 Å². The van der Waals surface area contributed by atoms with Crippen LogP contribution in [0.15, 0.2) is 53.4 Å². The molecular formula is C19H23N3O5S. The molecule has 2 rings (SSSR count). The SMILES string of the molecule is CON(C)S(=O)(=O)c1ccc(C(=O)Nc2ccc(NC(=O)C(C)C)cc2)cc1. The number of amides is 2. The molecule has 0 radical (unpaired) electrons. The zero-order valence-corrected chi connectivity index (χ0v) is 16.9. The molecule has 0 aromatic heterocycles. The van der Waals surface area contributed by atoms with Crippen LogP contribution < -0.4 is 10.6 Å². The number of nitrogens with zero attached hydrogens (tertiary/aromatic N) is 1. The van der Waals surface area contributed by atoms with E-state index in [9.17, 15) is 18.0 Å². The number of anilines is 2. The number of nitrogens with one attached hydrogen (secondary N) is 2. The molecule has 0 heterocycles. The molecule has 2 aromatic rings. The van der Waals surface area contributed by atoms with E-state index in [2.05, 4.69) is 10.6 Å². The summed E-state index contributed by atoms with van der Waals surface area (Å²) in [5.41, 5.74) is 1.48. The molecule has 0 saturated carbocycles. The molecule has 0 unspecified atom stereocenters. The summed E-state index contributed by atoms with van der Waals surface area (Å²) in [6, 6.07) is 12.2. The van der Waals surface area contributed by atoms with Crippen LogP contribution in [0.4, 0.5) is 11.4 Å². The van der Waals surface area contributed by atoms with Crippen LogP contribution >= 0.6 is 0 Å². The fourth-order valence-corrected chi connectivity index (χ4v) is 3.12. The minimum Gasteiger partial charge on any atom is -0.326 e. The minimum atomic E-state index is -3.77. The molecule has 2 N–H and O–H groups in total. The number of hydrogen-bond donors (Lipinski definition) is 2. The topological polar surface area (TPSA) is 105 Å². The first kappa shape index (κ1) is 21.5. The standard InChI is InChI=1S/C19H23N3O5S/c1-13(2)18(23)20-15-7-9-16(10-8-15)21-19(24)14-5-11-17(12-6-14)28(25,26)22(3)27-4/h5-13H,1-4H3,(H,20,23)(H,21,24). The third kappa shape index (κ3) is 5.16. The highest BCUT2D eigenvalue weighted by atomic mass is 32.2. The number of carbonyl (C=O) groups is 2. The Bertz CT molecular complexity index is 939. The van der Waals surface area contributed by atoms with E-state index in [1.165, 1.54) is 38.4 Å². The van der Waals surface area contributed by atoms with Crippen molar-refractivity contribution >= 4 is 33.2 Å². The Hall–Kier alpha value is -2.75. The van der Waals surface area contributed by atoms with Crippen LogP contribution in [0.5, 0.6) is 0 Å². The Morgan fingerprint density at radius 1 is 0.929 bits per heavy atom. The van der Waals surface area contributed by atoms with E-state index in [4.69, 9.17) is 4.84 Å². The summed E-state index contributed by atoms with van der Waals surface area (Å²) in [6.07, 6.45) is 0. The van der Waals surface area contributed by atoms with Gasteiger partial charge in [-0.1, -0.05) is 18.3 Å². The zero-order valence-electron chi connectivity index (χ0n) is 16.1. The van der Waals surface area contributed by atoms with Crippen molar-refractivity contribution in [1.29, 1.82) is 0 Å². The van der Waals surface area contributed by atoms with Gasteiger partial charge in [-0.05, 0) is 48.5 Å². The highest BCUT2D eigenvalue weighted by Crippen LogP contribution is 2.18. The van der Waals surface area contributed by atoms with Crippen molar-refractivity contribution in [1.82, 2.24) is 4.47 Å². The van der Waals surface area contributed by atoms with Gasteiger partial charge in [-0.3, -0.25) is 14.4 Å².